The van der Waals surface area contributed by atoms with Gasteiger partial charge in [0.2, 0.25) is 11.8 Å². The molecule has 7 nitrogen and oxygen atoms in total. The lowest BCUT2D eigenvalue weighted by molar-refractivity contribution is -0.137. The number of nitrogens with zero attached hydrogens (tertiary/aromatic N) is 3. The van der Waals surface area contributed by atoms with Crippen molar-refractivity contribution in [3.05, 3.63) is 0 Å². The Morgan fingerprint density at radius 3 is 2.47 bits per heavy atom. The summed E-state index contributed by atoms with van der Waals surface area (Å²) in [7, 11) is 0. The van der Waals surface area contributed by atoms with Crippen LogP contribution in [0.1, 0.15) is 12.8 Å². The second-order valence-corrected chi connectivity index (χ2v) is 3.87. The second kappa shape index (κ2) is 6.83. The normalized spacial score (nSPS) is 16.4. The molecule has 0 aromatic carbocycles. The van der Waals surface area contributed by atoms with E-state index >= 15 is 0 Å². The van der Waals surface area contributed by atoms with E-state index in [1.165, 1.54) is 0 Å². The van der Waals surface area contributed by atoms with Gasteiger partial charge in [0.1, 0.15) is 6.42 Å². The van der Waals surface area contributed by atoms with E-state index < -0.39 is 5.91 Å². The van der Waals surface area contributed by atoms with E-state index in [1.54, 1.807) is 4.90 Å². The maximum atomic E-state index is 11.6. The van der Waals surface area contributed by atoms with Crippen LogP contribution in [0, 0.1) is 11.3 Å². The van der Waals surface area contributed by atoms with E-state index in [-0.39, 0.29) is 12.3 Å². The first-order chi connectivity index (χ1) is 8.17. The van der Waals surface area contributed by atoms with Crippen molar-refractivity contribution in [3.63, 3.8) is 0 Å². The zero-order valence-electron chi connectivity index (χ0n) is 9.69. The maximum absolute atomic E-state index is 11.6. The van der Waals surface area contributed by atoms with Crippen molar-refractivity contribution in [1.29, 1.82) is 5.26 Å². The van der Waals surface area contributed by atoms with Crippen LogP contribution in [-0.4, -0.2) is 54.3 Å². The molecule has 0 saturated carbocycles. The fourth-order valence-electron chi connectivity index (χ4n) is 1.73. The number of hydrogen-bond acceptors (Lipinski definition) is 5. The number of amides is 2. The van der Waals surface area contributed by atoms with Crippen LogP contribution in [0.2, 0.25) is 0 Å². The van der Waals surface area contributed by atoms with Crippen LogP contribution in [0.4, 0.5) is 0 Å². The van der Waals surface area contributed by atoms with Crippen LogP contribution in [0.3, 0.4) is 0 Å². The van der Waals surface area contributed by atoms with Gasteiger partial charge in [0.05, 0.1) is 6.07 Å². The number of hydrazine groups is 1. The van der Waals surface area contributed by atoms with Gasteiger partial charge in [-0.25, -0.2) is 5.84 Å². The molecule has 1 saturated heterocycles. The van der Waals surface area contributed by atoms with Gasteiger partial charge in [-0.2, -0.15) is 5.26 Å². The SMILES string of the molecule is N#CCCN1CCN(C(=O)CC(=O)NN)CC1. The number of rotatable bonds is 4. The summed E-state index contributed by atoms with van der Waals surface area (Å²) in [5.74, 6) is 4.25. The Labute approximate surface area is 100 Å². The molecule has 1 aliphatic heterocycles. The lowest BCUT2D eigenvalue weighted by atomic mass is 10.2. The van der Waals surface area contributed by atoms with E-state index in [4.69, 9.17) is 11.1 Å². The largest absolute Gasteiger partial charge is 0.340 e. The summed E-state index contributed by atoms with van der Waals surface area (Å²) >= 11 is 0. The van der Waals surface area contributed by atoms with Crippen LogP contribution in [0.5, 0.6) is 0 Å². The molecule has 94 valence electrons. The fraction of sp³-hybridized carbons (Fsp3) is 0.700. The van der Waals surface area contributed by atoms with Crippen molar-refractivity contribution in [1.82, 2.24) is 15.2 Å². The van der Waals surface area contributed by atoms with E-state index in [1.807, 2.05) is 5.43 Å². The van der Waals surface area contributed by atoms with Crippen LogP contribution < -0.4 is 11.3 Å². The highest BCUT2D eigenvalue weighted by Gasteiger charge is 2.22. The Bertz CT molecular complexity index is 317. The Kier molecular flexibility index (Phi) is 5.39. The van der Waals surface area contributed by atoms with Gasteiger partial charge in [-0.15, -0.1) is 0 Å². The van der Waals surface area contributed by atoms with Crippen LogP contribution in [0.25, 0.3) is 0 Å². The molecule has 0 aromatic rings. The molecule has 2 amide bonds. The quantitative estimate of drug-likeness (QED) is 0.267. The van der Waals surface area contributed by atoms with Gasteiger partial charge in [-0.05, 0) is 0 Å². The minimum absolute atomic E-state index is 0.200. The third kappa shape index (κ3) is 4.38. The number of hydrogen-bond donors (Lipinski definition) is 2. The van der Waals surface area contributed by atoms with E-state index in [0.717, 1.165) is 19.6 Å². The van der Waals surface area contributed by atoms with Gasteiger partial charge in [0, 0.05) is 39.1 Å². The second-order valence-electron chi connectivity index (χ2n) is 3.87. The third-order valence-corrected chi connectivity index (χ3v) is 2.74. The first-order valence-electron chi connectivity index (χ1n) is 5.54. The summed E-state index contributed by atoms with van der Waals surface area (Å²) in [5, 5.41) is 8.47. The van der Waals surface area contributed by atoms with Gasteiger partial charge < -0.3 is 4.90 Å². The summed E-state index contributed by atoms with van der Waals surface area (Å²) in [6.45, 7) is 3.43. The van der Waals surface area contributed by atoms with E-state index in [9.17, 15) is 9.59 Å². The molecule has 0 atom stereocenters. The third-order valence-electron chi connectivity index (χ3n) is 2.74. The van der Waals surface area contributed by atoms with Crippen molar-refractivity contribution in [2.75, 3.05) is 32.7 Å². The van der Waals surface area contributed by atoms with Gasteiger partial charge in [0.25, 0.3) is 0 Å². The molecule has 7 heteroatoms. The summed E-state index contributed by atoms with van der Waals surface area (Å²) in [6, 6.07) is 2.09. The monoisotopic (exact) mass is 239 g/mol. The highest BCUT2D eigenvalue weighted by atomic mass is 16.2. The molecule has 0 aliphatic carbocycles. The first kappa shape index (κ1) is 13.4. The molecule has 1 fully saturated rings. The number of carbonyl (C=O) groups is 2. The fourth-order valence-corrected chi connectivity index (χ4v) is 1.73. The molecule has 0 unspecified atom stereocenters. The average Bonchev–Trinajstić information content (AvgIpc) is 2.36. The zero-order chi connectivity index (χ0) is 12.7. The molecule has 3 N–H and O–H groups in total. The molecule has 1 heterocycles. The summed E-state index contributed by atoms with van der Waals surface area (Å²) in [6.07, 6.45) is 0.304. The molecular weight excluding hydrogens is 222 g/mol. The number of nitrogens with two attached hydrogens (primary N) is 1. The standard InChI is InChI=1S/C10H17N5O2/c11-2-1-3-14-4-6-15(7-5-14)10(17)8-9(16)13-12/h1,3-8,12H2,(H,13,16). The van der Waals surface area contributed by atoms with Crippen molar-refractivity contribution < 1.29 is 9.59 Å². The van der Waals surface area contributed by atoms with E-state index in [2.05, 4.69) is 11.0 Å². The molecule has 0 spiro atoms. The number of nitriles is 1. The predicted molar refractivity (Wildman–Crippen MR) is 60.2 cm³/mol. The minimum Gasteiger partial charge on any atom is -0.340 e. The van der Waals surface area contributed by atoms with Crippen molar-refractivity contribution >= 4 is 11.8 Å². The van der Waals surface area contributed by atoms with Crippen LogP contribution in [-0.2, 0) is 9.59 Å². The number of nitrogens with one attached hydrogen (secondary N) is 1. The zero-order valence-corrected chi connectivity index (χ0v) is 9.69. The first-order valence-corrected chi connectivity index (χ1v) is 5.54. The lowest BCUT2D eigenvalue weighted by Gasteiger charge is -2.34. The van der Waals surface area contributed by atoms with Crippen LogP contribution in [0.15, 0.2) is 0 Å². The van der Waals surface area contributed by atoms with Crippen molar-refractivity contribution in [2.45, 2.75) is 12.8 Å². The number of piperazine rings is 1. The molecule has 0 bridgehead atoms. The molecule has 0 aromatic heterocycles. The average molecular weight is 239 g/mol. The van der Waals surface area contributed by atoms with Gasteiger partial charge >= 0.3 is 0 Å². The van der Waals surface area contributed by atoms with Crippen molar-refractivity contribution in [3.8, 4) is 6.07 Å². The Morgan fingerprint density at radius 2 is 1.94 bits per heavy atom. The van der Waals surface area contributed by atoms with Gasteiger partial charge in [-0.3, -0.25) is 19.9 Å². The topological polar surface area (TPSA) is 102 Å². The molecule has 1 aliphatic rings. The highest BCUT2D eigenvalue weighted by Crippen LogP contribution is 2.04. The van der Waals surface area contributed by atoms with Crippen molar-refractivity contribution in [2.24, 2.45) is 5.84 Å². The molecule has 0 radical (unpaired) electrons. The summed E-state index contributed by atoms with van der Waals surface area (Å²) < 4.78 is 0. The molecular formula is C10H17N5O2. The molecule has 1 rings (SSSR count). The summed E-state index contributed by atoms with van der Waals surface area (Å²) in [5.41, 5.74) is 1.94. The van der Waals surface area contributed by atoms with Gasteiger partial charge in [0.15, 0.2) is 0 Å². The van der Waals surface area contributed by atoms with E-state index in [0.29, 0.717) is 19.5 Å². The Balaban J connectivity index is 2.29. The Morgan fingerprint density at radius 1 is 1.29 bits per heavy atom. The lowest BCUT2D eigenvalue weighted by Crippen LogP contribution is -2.49. The Hall–Kier alpha value is -1.65. The van der Waals surface area contributed by atoms with Gasteiger partial charge in [-0.1, -0.05) is 0 Å². The number of carbonyl (C=O) groups excluding carboxylic acids is 2. The van der Waals surface area contributed by atoms with Crippen LogP contribution >= 0.6 is 0 Å². The smallest absolute Gasteiger partial charge is 0.243 e. The predicted octanol–water partition coefficient (Wildman–Crippen LogP) is -1.58. The maximum Gasteiger partial charge on any atom is 0.243 e. The minimum atomic E-state index is -0.470. The highest BCUT2D eigenvalue weighted by molar-refractivity contribution is 5.96. The molecule has 17 heavy (non-hydrogen) atoms. The summed E-state index contributed by atoms with van der Waals surface area (Å²) in [4.78, 5) is 26.4.